The predicted octanol–water partition coefficient (Wildman–Crippen LogP) is 3.56. The van der Waals surface area contributed by atoms with Crippen LogP contribution >= 0.6 is 0 Å². The van der Waals surface area contributed by atoms with Gasteiger partial charge in [0, 0.05) is 29.8 Å². The summed E-state index contributed by atoms with van der Waals surface area (Å²) in [6.45, 7) is 2.82. The van der Waals surface area contributed by atoms with Crippen molar-refractivity contribution in [3.05, 3.63) is 53.3 Å². The molecule has 158 valence electrons. The second-order valence-electron chi connectivity index (χ2n) is 7.93. The molecule has 31 heavy (non-hydrogen) atoms. The summed E-state index contributed by atoms with van der Waals surface area (Å²) in [5.74, 6) is 1.90. The molecule has 2 amide bonds. The first kappa shape index (κ1) is 19.3. The first-order valence-corrected chi connectivity index (χ1v) is 10.5. The summed E-state index contributed by atoms with van der Waals surface area (Å²) in [5.41, 5.74) is 3.63. The number of carbonyl (C=O) groups is 2. The largest absolute Gasteiger partial charge is 0.482 e. The summed E-state index contributed by atoms with van der Waals surface area (Å²) in [6, 6.07) is 10.9. The van der Waals surface area contributed by atoms with Crippen LogP contribution in [0.4, 0.5) is 11.4 Å². The Morgan fingerprint density at radius 1 is 1.13 bits per heavy atom. The van der Waals surface area contributed by atoms with Crippen LogP contribution in [0, 0.1) is 6.92 Å². The Morgan fingerprint density at radius 3 is 2.94 bits per heavy atom. The van der Waals surface area contributed by atoms with Crippen LogP contribution in [0.25, 0.3) is 11.4 Å². The zero-order chi connectivity index (χ0) is 21.4. The lowest BCUT2D eigenvalue weighted by atomic mass is 10.1. The Kier molecular flexibility index (Phi) is 4.89. The summed E-state index contributed by atoms with van der Waals surface area (Å²) in [4.78, 5) is 24.3. The van der Waals surface area contributed by atoms with Crippen LogP contribution in [0.3, 0.4) is 0 Å². The molecule has 0 atom stereocenters. The summed E-state index contributed by atoms with van der Waals surface area (Å²) in [5, 5.41) is 14.5. The minimum Gasteiger partial charge on any atom is -0.482 e. The molecule has 2 N–H and O–H groups in total. The fraction of sp³-hybridized carbons (Fsp3) is 0.304. The highest BCUT2D eigenvalue weighted by Gasteiger charge is 2.20. The molecular weight excluding hydrogens is 394 g/mol. The van der Waals surface area contributed by atoms with Crippen LogP contribution < -0.4 is 15.4 Å². The average molecular weight is 417 g/mol. The maximum atomic E-state index is 12.9. The molecule has 5 rings (SSSR count). The Hall–Kier alpha value is -3.68. The van der Waals surface area contributed by atoms with Crippen LogP contribution in [-0.4, -0.2) is 33.2 Å². The number of hydrogen-bond donors (Lipinski definition) is 2. The van der Waals surface area contributed by atoms with Crippen molar-refractivity contribution in [2.45, 2.75) is 39.2 Å². The number of nitrogens with zero attached hydrogens (tertiary/aromatic N) is 3. The number of benzene rings is 2. The van der Waals surface area contributed by atoms with Crippen molar-refractivity contribution in [3.8, 4) is 17.1 Å². The molecule has 2 aliphatic heterocycles. The molecule has 0 saturated heterocycles. The number of ether oxygens (including phenoxy) is 1. The van der Waals surface area contributed by atoms with Gasteiger partial charge in [-0.2, -0.15) is 0 Å². The van der Waals surface area contributed by atoms with Crippen LogP contribution in [0.15, 0.2) is 36.4 Å². The monoisotopic (exact) mass is 417 g/mol. The summed E-state index contributed by atoms with van der Waals surface area (Å²) >= 11 is 0. The molecule has 0 radical (unpaired) electrons. The van der Waals surface area contributed by atoms with Crippen LogP contribution in [-0.2, 0) is 17.8 Å². The van der Waals surface area contributed by atoms with E-state index < -0.39 is 0 Å². The summed E-state index contributed by atoms with van der Waals surface area (Å²) in [6.07, 6.45) is 4.41. The highest BCUT2D eigenvalue weighted by Crippen LogP contribution is 2.30. The molecule has 8 heteroatoms. The molecule has 8 nitrogen and oxygen atoms in total. The van der Waals surface area contributed by atoms with Crippen LogP contribution in [0.2, 0.25) is 0 Å². The van der Waals surface area contributed by atoms with Gasteiger partial charge in [0.2, 0.25) is 0 Å². The zero-order valence-corrected chi connectivity index (χ0v) is 17.3. The lowest BCUT2D eigenvalue weighted by Crippen LogP contribution is -2.25. The van der Waals surface area contributed by atoms with Crippen LogP contribution in [0.1, 0.15) is 41.0 Å². The molecule has 1 aromatic heterocycles. The van der Waals surface area contributed by atoms with E-state index in [2.05, 4.69) is 25.4 Å². The van der Waals surface area contributed by atoms with Crippen molar-refractivity contribution in [1.82, 2.24) is 14.8 Å². The standard InChI is InChI=1S/C23H23N5O3/c1-14-6-7-15(22-27-26-20-5-3-2-4-10-28(20)22)11-18(14)25-23(30)16-8-9-17-19(12-16)31-13-21(29)24-17/h6-9,11-12H,2-5,10,13H2,1H3,(H,24,29)(H,25,30). The number of hydrogen-bond acceptors (Lipinski definition) is 5. The molecule has 3 heterocycles. The van der Waals surface area contributed by atoms with Gasteiger partial charge in [-0.15, -0.1) is 10.2 Å². The minimum atomic E-state index is -0.247. The molecule has 0 spiro atoms. The van der Waals surface area contributed by atoms with Gasteiger partial charge < -0.3 is 19.9 Å². The smallest absolute Gasteiger partial charge is 0.262 e. The van der Waals surface area contributed by atoms with Gasteiger partial charge in [0.25, 0.3) is 11.8 Å². The third-order valence-electron chi connectivity index (χ3n) is 5.73. The molecule has 2 aliphatic rings. The van der Waals surface area contributed by atoms with E-state index in [1.807, 2.05) is 25.1 Å². The van der Waals surface area contributed by atoms with Crippen molar-refractivity contribution in [3.63, 3.8) is 0 Å². The van der Waals surface area contributed by atoms with Crippen molar-refractivity contribution >= 4 is 23.2 Å². The normalized spacial score (nSPS) is 15.2. The SMILES string of the molecule is Cc1ccc(-c2nnc3n2CCCCC3)cc1NC(=O)c1ccc2c(c1)OCC(=O)N2. The third kappa shape index (κ3) is 3.76. The second-order valence-corrected chi connectivity index (χ2v) is 7.93. The van der Waals surface area contributed by atoms with Gasteiger partial charge in [-0.25, -0.2) is 0 Å². The van der Waals surface area contributed by atoms with E-state index in [0.29, 0.717) is 17.0 Å². The fourth-order valence-corrected chi connectivity index (χ4v) is 4.00. The first-order chi connectivity index (χ1) is 15.1. The molecule has 2 aromatic carbocycles. The molecular formula is C23H23N5O3. The topological polar surface area (TPSA) is 98.1 Å². The first-order valence-electron chi connectivity index (χ1n) is 10.5. The second kappa shape index (κ2) is 7.86. The highest BCUT2D eigenvalue weighted by atomic mass is 16.5. The maximum Gasteiger partial charge on any atom is 0.262 e. The van der Waals surface area contributed by atoms with E-state index in [-0.39, 0.29) is 18.4 Å². The molecule has 3 aromatic rings. The Bertz CT molecular complexity index is 1180. The highest BCUT2D eigenvalue weighted by molar-refractivity contribution is 6.06. The fourth-order valence-electron chi connectivity index (χ4n) is 4.00. The van der Waals surface area contributed by atoms with E-state index in [4.69, 9.17) is 4.74 Å². The lowest BCUT2D eigenvalue weighted by Gasteiger charge is -2.18. The molecule has 0 unspecified atom stereocenters. The molecule has 0 fully saturated rings. The van der Waals surface area contributed by atoms with Crippen molar-refractivity contribution in [2.24, 2.45) is 0 Å². The number of anilines is 2. The maximum absolute atomic E-state index is 12.9. The average Bonchev–Trinajstić information content (AvgIpc) is 3.02. The summed E-state index contributed by atoms with van der Waals surface area (Å²) in [7, 11) is 0. The van der Waals surface area contributed by atoms with E-state index >= 15 is 0 Å². The molecule has 0 saturated carbocycles. The third-order valence-corrected chi connectivity index (χ3v) is 5.73. The van der Waals surface area contributed by atoms with E-state index in [0.717, 1.165) is 54.3 Å². The van der Waals surface area contributed by atoms with Gasteiger partial charge in [0.1, 0.15) is 11.6 Å². The van der Waals surface area contributed by atoms with E-state index in [1.54, 1.807) is 18.2 Å². The zero-order valence-electron chi connectivity index (χ0n) is 17.3. The Labute approximate surface area is 179 Å². The van der Waals surface area contributed by atoms with Gasteiger partial charge in [0.15, 0.2) is 12.4 Å². The number of fused-ring (bicyclic) bond motifs is 2. The number of aryl methyl sites for hydroxylation is 2. The Balaban J connectivity index is 1.41. The minimum absolute atomic E-state index is 0.0537. The van der Waals surface area contributed by atoms with Crippen molar-refractivity contribution < 1.29 is 14.3 Å². The van der Waals surface area contributed by atoms with Gasteiger partial charge in [-0.05, 0) is 49.6 Å². The van der Waals surface area contributed by atoms with Crippen LogP contribution in [0.5, 0.6) is 5.75 Å². The number of amides is 2. The van der Waals surface area contributed by atoms with E-state index in [1.165, 1.54) is 6.42 Å². The number of aromatic nitrogens is 3. The lowest BCUT2D eigenvalue weighted by molar-refractivity contribution is -0.118. The van der Waals surface area contributed by atoms with Gasteiger partial charge in [0.05, 0.1) is 5.69 Å². The van der Waals surface area contributed by atoms with Crippen molar-refractivity contribution in [2.75, 3.05) is 17.2 Å². The van der Waals surface area contributed by atoms with Crippen molar-refractivity contribution in [1.29, 1.82) is 0 Å². The van der Waals surface area contributed by atoms with Gasteiger partial charge in [-0.3, -0.25) is 9.59 Å². The Morgan fingerprint density at radius 2 is 2.03 bits per heavy atom. The van der Waals surface area contributed by atoms with Gasteiger partial charge >= 0.3 is 0 Å². The summed E-state index contributed by atoms with van der Waals surface area (Å²) < 4.78 is 7.61. The number of carbonyl (C=O) groups excluding carboxylic acids is 2. The van der Waals surface area contributed by atoms with Gasteiger partial charge in [-0.1, -0.05) is 18.6 Å². The number of nitrogens with one attached hydrogen (secondary N) is 2. The molecule has 0 bridgehead atoms. The number of rotatable bonds is 3. The molecule has 0 aliphatic carbocycles. The predicted molar refractivity (Wildman–Crippen MR) is 116 cm³/mol. The van der Waals surface area contributed by atoms with E-state index in [9.17, 15) is 9.59 Å². The quantitative estimate of drug-likeness (QED) is 0.679.